The fourth-order valence-corrected chi connectivity index (χ4v) is 3.01. The van der Waals surface area contributed by atoms with E-state index in [-0.39, 0.29) is 0 Å². The van der Waals surface area contributed by atoms with Gasteiger partial charge in [0.25, 0.3) is 0 Å². The molecule has 100 valence electrons. The van der Waals surface area contributed by atoms with Gasteiger partial charge in [-0.2, -0.15) is 0 Å². The number of benzene rings is 3. The molecular weight excluding hydrogens is 240 g/mol. The van der Waals surface area contributed by atoms with Crippen LogP contribution < -0.4 is 0 Å². The quantitative estimate of drug-likeness (QED) is 0.582. The third kappa shape index (κ3) is 2.12. The summed E-state index contributed by atoms with van der Waals surface area (Å²) in [6, 6.07) is 19.5. The lowest BCUT2D eigenvalue weighted by atomic mass is 9.88. The highest BCUT2D eigenvalue weighted by Gasteiger charge is 2.11. The molecule has 3 aromatic rings. The second-order valence-electron chi connectivity index (χ2n) is 5.56. The molecule has 0 aliphatic rings. The first-order chi connectivity index (χ1) is 9.68. The van der Waals surface area contributed by atoms with Crippen LogP contribution in [0.15, 0.2) is 54.6 Å². The van der Waals surface area contributed by atoms with Gasteiger partial charge in [0, 0.05) is 0 Å². The maximum Gasteiger partial charge on any atom is -0.00169 e. The highest BCUT2D eigenvalue weighted by atomic mass is 14.2. The van der Waals surface area contributed by atoms with Gasteiger partial charge in [-0.3, -0.25) is 0 Å². The van der Waals surface area contributed by atoms with E-state index >= 15 is 0 Å². The van der Waals surface area contributed by atoms with Crippen molar-refractivity contribution >= 4 is 10.8 Å². The molecule has 0 radical (unpaired) electrons. The van der Waals surface area contributed by atoms with Crippen molar-refractivity contribution in [3.63, 3.8) is 0 Å². The van der Waals surface area contributed by atoms with Gasteiger partial charge in [-0.05, 0) is 65.8 Å². The Kier molecular flexibility index (Phi) is 3.31. The molecule has 3 rings (SSSR count). The van der Waals surface area contributed by atoms with Crippen molar-refractivity contribution in [3.05, 3.63) is 82.4 Å². The Bertz CT molecular complexity index is 752. The molecule has 0 amide bonds. The summed E-state index contributed by atoms with van der Waals surface area (Å²) in [6.07, 6.45) is 1.01. The van der Waals surface area contributed by atoms with Crippen molar-refractivity contribution in [3.8, 4) is 0 Å². The molecule has 0 bridgehead atoms. The SMILES string of the molecule is Cc1c(C)c(Cc2ccccc2)c2ccccc2c1C. The van der Waals surface area contributed by atoms with Crippen molar-refractivity contribution < 1.29 is 0 Å². The zero-order chi connectivity index (χ0) is 14.1. The van der Waals surface area contributed by atoms with Crippen molar-refractivity contribution in [1.29, 1.82) is 0 Å². The molecule has 0 heteroatoms. The van der Waals surface area contributed by atoms with Crippen LogP contribution in [-0.4, -0.2) is 0 Å². The summed E-state index contributed by atoms with van der Waals surface area (Å²) < 4.78 is 0. The number of fused-ring (bicyclic) bond motifs is 1. The van der Waals surface area contributed by atoms with Crippen LogP contribution in [0.4, 0.5) is 0 Å². The Morgan fingerprint density at radius 2 is 1.20 bits per heavy atom. The van der Waals surface area contributed by atoms with Crippen LogP contribution >= 0.6 is 0 Å². The molecule has 0 N–H and O–H groups in total. The van der Waals surface area contributed by atoms with Gasteiger partial charge >= 0.3 is 0 Å². The number of hydrogen-bond acceptors (Lipinski definition) is 0. The van der Waals surface area contributed by atoms with Gasteiger partial charge in [0.2, 0.25) is 0 Å². The summed E-state index contributed by atoms with van der Waals surface area (Å²) in [6.45, 7) is 6.73. The average Bonchev–Trinajstić information content (AvgIpc) is 2.50. The zero-order valence-electron chi connectivity index (χ0n) is 12.4. The Balaban J connectivity index is 2.24. The number of hydrogen-bond donors (Lipinski definition) is 0. The monoisotopic (exact) mass is 260 g/mol. The molecule has 0 spiro atoms. The van der Waals surface area contributed by atoms with Crippen LogP contribution in [0.25, 0.3) is 10.8 Å². The van der Waals surface area contributed by atoms with Crippen LogP contribution in [-0.2, 0) is 6.42 Å². The standard InChI is InChI=1S/C20H20/c1-14-15(2)18-11-7-8-12-19(18)20(16(14)3)13-17-9-5-4-6-10-17/h4-12H,13H2,1-3H3. The molecule has 0 aromatic heterocycles. The van der Waals surface area contributed by atoms with E-state index in [9.17, 15) is 0 Å². The van der Waals surface area contributed by atoms with E-state index in [0.29, 0.717) is 0 Å². The first-order valence-electron chi connectivity index (χ1n) is 7.20. The molecule has 0 aliphatic carbocycles. The average molecular weight is 260 g/mol. The van der Waals surface area contributed by atoms with Crippen molar-refractivity contribution in [2.45, 2.75) is 27.2 Å². The highest BCUT2D eigenvalue weighted by molar-refractivity contribution is 5.91. The first kappa shape index (κ1) is 12.9. The van der Waals surface area contributed by atoms with Crippen LogP contribution in [0.1, 0.15) is 27.8 Å². The van der Waals surface area contributed by atoms with Gasteiger partial charge in [0.1, 0.15) is 0 Å². The van der Waals surface area contributed by atoms with Gasteiger partial charge in [-0.15, -0.1) is 0 Å². The summed E-state index contributed by atoms with van der Waals surface area (Å²) in [4.78, 5) is 0. The van der Waals surface area contributed by atoms with Gasteiger partial charge in [0.05, 0.1) is 0 Å². The minimum atomic E-state index is 1.01. The molecule has 0 unspecified atom stereocenters. The summed E-state index contributed by atoms with van der Waals surface area (Å²) in [5.41, 5.74) is 7.12. The third-order valence-corrected chi connectivity index (χ3v) is 4.46. The molecule has 20 heavy (non-hydrogen) atoms. The molecule has 0 heterocycles. The van der Waals surface area contributed by atoms with Crippen LogP contribution in [0.2, 0.25) is 0 Å². The summed E-state index contributed by atoms with van der Waals surface area (Å²) in [5, 5.41) is 2.79. The van der Waals surface area contributed by atoms with E-state index in [0.717, 1.165) is 6.42 Å². The topological polar surface area (TPSA) is 0 Å². The van der Waals surface area contributed by atoms with E-state index in [1.807, 2.05) is 0 Å². The molecule has 0 fully saturated rings. The molecule has 0 atom stereocenters. The fourth-order valence-electron chi connectivity index (χ4n) is 3.01. The van der Waals surface area contributed by atoms with Crippen molar-refractivity contribution in [1.82, 2.24) is 0 Å². The van der Waals surface area contributed by atoms with E-state index in [1.54, 1.807) is 0 Å². The largest absolute Gasteiger partial charge is 0.0622 e. The molecule has 0 aliphatic heterocycles. The summed E-state index contributed by atoms with van der Waals surface area (Å²) in [7, 11) is 0. The van der Waals surface area contributed by atoms with E-state index in [4.69, 9.17) is 0 Å². The Morgan fingerprint density at radius 3 is 1.90 bits per heavy atom. The maximum atomic E-state index is 2.26. The Labute approximate surface area is 121 Å². The van der Waals surface area contributed by atoms with E-state index in [2.05, 4.69) is 75.4 Å². The Morgan fingerprint density at radius 1 is 0.600 bits per heavy atom. The number of aryl methyl sites for hydroxylation is 1. The lowest BCUT2D eigenvalue weighted by Crippen LogP contribution is -1.99. The van der Waals surface area contributed by atoms with E-state index in [1.165, 1.54) is 38.6 Å². The van der Waals surface area contributed by atoms with Crippen molar-refractivity contribution in [2.24, 2.45) is 0 Å². The predicted octanol–water partition coefficient (Wildman–Crippen LogP) is 5.36. The van der Waals surface area contributed by atoms with E-state index < -0.39 is 0 Å². The molecule has 0 saturated carbocycles. The second kappa shape index (κ2) is 5.13. The fraction of sp³-hybridized carbons (Fsp3) is 0.200. The lowest BCUT2D eigenvalue weighted by Gasteiger charge is -2.16. The lowest BCUT2D eigenvalue weighted by molar-refractivity contribution is 1.15. The smallest absolute Gasteiger partial charge is 0.00169 e. The number of rotatable bonds is 2. The predicted molar refractivity (Wildman–Crippen MR) is 87.4 cm³/mol. The van der Waals surface area contributed by atoms with Gasteiger partial charge < -0.3 is 0 Å². The minimum Gasteiger partial charge on any atom is -0.0622 e. The van der Waals surface area contributed by atoms with Crippen LogP contribution in [0.5, 0.6) is 0 Å². The van der Waals surface area contributed by atoms with Crippen LogP contribution in [0, 0.1) is 20.8 Å². The third-order valence-electron chi connectivity index (χ3n) is 4.46. The summed E-state index contributed by atoms with van der Waals surface area (Å²) in [5.74, 6) is 0. The summed E-state index contributed by atoms with van der Waals surface area (Å²) >= 11 is 0. The van der Waals surface area contributed by atoms with Gasteiger partial charge in [-0.1, -0.05) is 54.6 Å². The molecule has 3 aromatic carbocycles. The molecule has 0 saturated heterocycles. The highest BCUT2D eigenvalue weighted by Crippen LogP contribution is 2.30. The zero-order valence-corrected chi connectivity index (χ0v) is 12.4. The van der Waals surface area contributed by atoms with Crippen molar-refractivity contribution in [2.75, 3.05) is 0 Å². The normalized spacial score (nSPS) is 10.9. The minimum absolute atomic E-state index is 1.01. The molecular formula is C20H20. The molecule has 0 nitrogen and oxygen atoms in total. The van der Waals surface area contributed by atoms with Gasteiger partial charge in [0.15, 0.2) is 0 Å². The Hall–Kier alpha value is -2.08. The first-order valence-corrected chi connectivity index (χ1v) is 7.20. The van der Waals surface area contributed by atoms with Gasteiger partial charge in [-0.25, -0.2) is 0 Å². The maximum absolute atomic E-state index is 2.26. The second-order valence-corrected chi connectivity index (χ2v) is 5.56. The van der Waals surface area contributed by atoms with Crippen LogP contribution in [0.3, 0.4) is 0 Å².